The van der Waals surface area contributed by atoms with Gasteiger partial charge in [-0.05, 0) is 79.5 Å². The van der Waals surface area contributed by atoms with Crippen molar-refractivity contribution in [2.24, 2.45) is 11.3 Å². The van der Waals surface area contributed by atoms with Crippen molar-refractivity contribution < 1.29 is 19.5 Å². The summed E-state index contributed by atoms with van der Waals surface area (Å²) in [4.78, 5) is 47.9. The van der Waals surface area contributed by atoms with Crippen LogP contribution in [0.3, 0.4) is 0 Å². The Labute approximate surface area is 322 Å². The summed E-state index contributed by atoms with van der Waals surface area (Å²) in [7, 11) is 0. The number of benzene rings is 3. The van der Waals surface area contributed by atoms with Crippen LogP contribution in [0, 0.1) is 11.3 Å². The van der Waals surface area contributed by atoms with E-state index in [4.69, 9.17) is 0 Å². The summed E-state index contributed by atoms with van der Waals surface area (Å²) in [6.07, 6.45) is 6.51. The number of anilines is 2. The average molecular weight is 740 g/mol. The number of nitrogens with zero attached hydrogens (tertiary/aromatic N) is 6. The Hall–Kier alpha value is -5.29. The van der Waals surface area contributed by atoms with Gasteiger partial charge < -0.3 is 24.7 Å². The number of piperidine rings is 3. The Bertz CT molecular complexity index is 2040. The van der Waals surface area contributed by atoms with Crippen molar-refractivity contribution in [3.8, 4) is 17.0 Å². The van der Waals surface area contributed by atoms with Gasteiger partial charge in [0.1, 0.15) is 5.75 Å². The van der Waals surface area contributed by atoms with Crippen LogP contribution in [-0.4, -0.2) is 102 Å². The monoisotopic (exact) mass is 739 g/mol. The fraction of sp³-hybridized carbons (Fsp3) is 0.432. The number of aromatic nitrogens is 2. The molecule has 0 saturated carbocycles. The van der Waals surface area contributed by atoms with E-state index in [0.29, 0.717) is 30.0 Å². The molecule has 0 bridgehead atoms. The van der Waals surface area contributed by atoms with E-state index in [2.05, 4.69) is 59.4 Å². The van der Waals surface area contributed by atoms with Crippen LogP contribution < -0.4 is 15.1 Å². The molecule has 5 fully saturated rings. The van der Waals surface area contributed by atoms with Gasteiger partial charge in [0.2, 0.25) is 17.7 Å². The minimum Gasteiger partial charge on any atom is -0.507 e. The average Bonchev–Trinajstić information content (AvgIpc) is 3.19. The largest absolute Gasteiger partial charge is 0.507 e. The van der Waals surface area contributed by atoms with Crippen molar-refractivity contribution in [3.05, 3.63) is 102 Å². The minimum atomic E-state index is -0.553. The fourth-order valence-electron chi connectivity index (χ4n) is 9.99. The molecule has 5 aliphatic rings. The van der Waals surface area contributed by atoms with Gasteiger partial charge in [0, 0.05) is 82.0 Å². The number of nitrogens with one attached hydrogen (secondary N) is 1. The Morgan fingerprint density at radius 2 is 1.49 bits per heavy atom. The van der Waals surface area contributed by atoms with E-state index in [1.807, 2.05) is 48.5 Å². The van der Waals surface area contributed by atoms with E-state index < -0.39 is 5.41 Å². The number of hydrogen-bond donors (Lipinski definition) is 2. The number of rotatable bonds is 8. The van der Waals surface area contributed by atoms with Crippen molar-refractivity contribution >= 4 is 29.1 Å². The lowest BCUT2D eigenvalue weighted by atomic mass is 9.67. The van der Waals surface area contributed by atoms with E-state index in [0.717, 1.165) is 101 Å². The van der Waals surface area contributed by atoms with Gasteiger partial charge in [-0.1, -0.05) is 54.6 Å². The summed E-state index contributed by atoms with van der Waals surface area (Å²) in [5, 5.41) is 21.4. The predicted molar refractivity (Wildman–Crippen MR) is 211 cm³/mol. The van der Waals surface area contributed by atoms with Gasteiger partial charge in [-0.15, -0.1) is 0 Å². The molecule has 3 amide bonds. The highest BCUT2D eigenvalue weighted by Gasteiger charge is 2.56. The molecule has 5 saturated heterocycles. The topological polar surface area (TPSA) is 122 Å². The molecule has 1 aromatic heterocycles. The molecule has 1 atom stereocenters. The van der Waals surface area contributed by atoms with E-state index >= 15 is 0 Å². The van der Waals surface area contributed by atoms with Crippen LogP contribution in [0.1, 0.15) is 55.6 Å². The normalized spacial score (nSPS) is 22.5. The number of amides is 3. The summed E-state index contributed by atoms with van der Waals surface area (Å²) in [6.45, 7) is 8.45. The van der Waals surface area contributed by atoms with Crippen LogP contribution in [0.2, 0.25) is 0 Å². The van der Waals surface area contributed by atoms with Crippen molar-refractivity contribution in [2.75, 3.05) is 68.7 Å². The van der Waals surface area contributed by atoms with E-state index in [9.17, 15) is 19.5 Å². The van der Waals surface area contributed by atoms with Gasteiger partial charge in [-0.25, -0.2) is 0 Å². The molecule has 11 nitrogen and oxygen atoms in total. The van der Waals surface area contributed by atoms with Gasteiger partial charge in [0.05, 0.1) is 28.9 Å². The van der Waals surface area contributed by atoms with E-state index in [-0.39, 0.29) is 34.8 Å². The maximum absolute atomic E-state index is 14.5. The van der Waals surface area contributed by atoms with Crippen molar-refractivity contribution in [2.45, 2.75) is 49.9 Å². The summed E-state index contributed by atoms with van der Waals surface area (Å²) < 4.78 is 0. The minimum absolute atomic E-state index is 0.179. The van der Waals surface area contributed by atoms with Crippen molar-refractivity contribution in [3.63, 3.8) is 0 Å². The second-order valence-electron chi connectivity index (χ2n) is 16.6. The predicted octanol–water partition coefficient (Wildman–Crippen LogP) is 4.97. The third-order valence-electron chi connectivity index (χ3n) is 13.0. The highest BCUT2D eigenvalue weighted by molar-refractivity contribution is 6.01. The molecule has 284 valence electrons. The molecular formula is C44H49N7O4. The molecule has 2 N–H and O–H groups in total. The molecule has 6 heterocycles. The summed E-state index contributed by atoms with van der Waals surface area (Å²) in [5.41, 5.74) is 5.19. The Morgan fingerprint density at radius 1 is 0.800 bits per heavy atom. The molecule has 4 aromatic rings. The number of phenols is 1. The quantitative estimate of drug-likeness (QED) is 0.242. The summed E-state index contributed by atoms with van der Waals surface area (Å²) in [5.74, 6) is 0.506. The third-order valence-corrected chi connectivity index (χ3v) is 13.0. The number of phenolic OH excluding ortho intramolecular Hbond substituents is 1. The molecule has 1 spiro atoms. The van der Waals surface area contributed by atoms with Gasteiger partial charge in [-0.3, -0.25) is 19.7 Å². The number of para-hydroxylation sites is 1. The molecular weight excluding hydrogens is 691 g/mol. The highest BCUT2D eigenvalue weighted by Crippen LogP contribution is 2.46. The first-order chi connectivity index (χ1) is 26.8. The molecule has 3 aromatic carbocycles. The second kappa shape index (κ2) is 14.4. The van der Waals surface area contributed by atoms with Gasteiger partial charge in [0.15, 0.2) is 0 Å². The highest BCUT2D eigenvalue weighted by atomic mass is 16.3. The van der Waals surface area contributed by atoms with E-state index in [1.54, 1.807) is 18.3 Å². The van der Waals surface area contributed by atoms with Gasteiger partial charge in [0.25, 0.3) is 0 Å². The van der Waals surface area contributed by atoms with Crippen LogP contribution in [-0.2, 0) is 19.8 Å². The third kappa shape index (κ3) is 6.83. The first-order valence-corrected chi connectivity index (χ1v) is 19.9. The van der Waals surface area contributed by atoms with Crippen LogP contribution in [0.4, 0.5) is 11.4 Å². The number of aromatic hydroxyl groups is 1. The van der Waals surface area contributed by atoms with Crippen molar-refractivity contribution in [1.29, 1.82) is 0 Å². The lowest BCUT2D eigenvalue weighted by Gasteiger charge is -2.62. The van der Waals surface area contributed by atoms with Crippen LogP contribution in [0.5, 0.6) is 5.75 Å². The number of likely N-dealkylation sites (tertiary alicyclic amines) is 2. The zero-order valence-electron chi connectivity index (χ0n) is 31.3. The van der Waals surface area contributed by atoms with Crippen LogP contribution >= 0.6 is 0 Å². The molecule has 5 aliphatic heterocycles. The Kier molecular flexibility index (Phi) is 9.28. The van der Waals surface area contributed by atoms with Gasteiger partial charge >= 0.3 is 0 Å². The van der Waals surface area contributed by atoms with Crippen LogP contribution in [0.15, 0.2) is 91.1 Å². The lowest BCUT2D eigenvalue weighted by molar-refractivity contribution is -0.166. The Balaban J connectivity index is 0.768. The maximum atomic E-state index is 14.5. The standard InChI is InChI=1S/C44H49N7O4/c52-39-9-5-4-8-37(39)38-24-35(25-45-47-38)50-22-18-44(19-23-50,33-6-2-1-3-7-33)42(55)51-29-43(30-51)27-48(28-43)26-31-16-20-49(21-17-31)34-12-10-32(11-13-34)36-14-15-40(53)46-41(36)54/h1-13,24-25,31,36,52H,14-23,26-30H2,(H,46,53,54)/t36-/m0/s1. The molecule has 9 rings (SSSR count). The van der Waals surface area contributed by atoms with Gasteiger partial charge in [-0.2, -0.15) is 10.2 Å². The van der Waals surface area contributed by atoms with Crippen molar-refractivity contribution in [1.82, 2.24) is 25.3 Å². The molecule has 0 radical (unpaired) electrons. The first kappa shape index (κ1) is 35.4. The SMILES string of the molecule is O=C1CC[C@@H](c2ccc(N3CCC(CN4CC5(C4)CN(C(=O)C4(c6ccccc6)CCN(c6cnnc(-c7ccccc7O)c6)CC4)C5)CC3)cc2)C(=O)N1. The zero-order chi connectivity index (χ0) is 37.6. The molecule has 0 aliphatic carbocycles. The number of hydrogen-bond acceptors (Lipinski definition) is 9. The summed E-state index contributed by atoms with van der Waals surface area (Å²) in [6, 6.07) is 27.9. The number of carbonyl (C=O) groups is 3. The Morgan fingerprint density at radius 3 is 2.20 bits per heavy atom. The molecule has 55 heavy (non-hydrogen) atoms. The fourth-order valence-corrected chi connectivity index (χ4v) is 9.99. The summed E-state index contributed by atoms with van der Waals surface area (Å²) >= 11 is 0. The second-order valence-corrected chi connectivity index (χ2v) is 16.6. The molecule has 11 heteroatoms. The zero-order valence-corrected chi connectivity index (χ0v) is 31.3. The maximum Gasteiger partial charge on any atom is 0.234 e. The smallest absolute Gasteiger partial charge is 0.234 e. The number of carbonyl (C=O) groups excluding carboxylic acids is 3. The lowest BCUT2D eigenvalue weighted by Crippen LogP contribution is -2.74. The number of imide groups is 1. The van der Waals surface area contributed by atoms with E-state index in [1.165, 1.54) is 5.69 Å². The molecule has 0 unspecified atom stereocenters. The van der Waals surface area contributed by atoms with Crippen LogP contribution in [0.25, 0.3) is 11.3 Å². The first-order valence-electron chi connectivity index (χ1n) is 19.9.